The van der Waals surface area contributed by atoms with E-state index in [0.29, 0.717) is 28.6 Å². The van der Waals surface area contributed by atoms with Gasteiger partial charge in [0.2, 0.25) is 0 Å². The van der Waals surface area contributed by atoms with Crippen LogP contribution in [0.25, 0.3) is 11.0 Å². The topological polar surface area (TPSA) is 76.0 Å². The number of thiophene rings is 1. The Morgan fingerprint density at radius 3 is 2.48 bits per heavy atom. The number of nitrogens with zero attached hydrogens (tertiary/aromatic N) is 2. The van der Waals surface area contributed by atoms with Gasteiger partial charge in [0.1, 0.15) is 10.8 Å². The van der Waals surface area contributed by atoms with Crippen molar-refractivity contribution in [3.05, 3.63) is 82.5 Å². The first-order valence-electron chi connectivity index (χ1n) is 10.1. The summed E-state index contributed by atoms with van der Waals surface area (Å²) in [5.41, 5.74) is 4.08. The molecule has 4 aromatic rings. The third-order valence-corrected chi connectivity index (χ3v) is 6.09. The van der Waals surface area contributed by atoms with Gasteiger partial charge in [-0.05, 0) is 47.2 Å². The van der Waals surface area contributed by atoms with E-state index in [2.05, 4.69) is 29.5 Å². The summed E-state index contributed by atoms with van der Waals surface area (Å²) in [5, 5.41) is 8.10. The van der Waals surface area contributed by atoms with Crippen LogP contribution in [-0.4, -0.2) is 21.4 Å². The van der Waals surface area contributed by atoms with Crippen LogP contribution in [0.2, 0.25) is 0 Å². The van der Waals surface area contributed by atoms with Crippen molar-refractivity contribution in [2.24, 2.45) is 7.05 Å². The minimum absolute atomic E-state index is 0.234. The van der Waals surface area contributed by atoms with Gasteiger partial charge in [-0.25, -0.2) is 4.98 Å². The van der Waals surface area contributed by atoms with Crippen molar-refractivity contribution in [1.29, 1.82) is 0 Å². The standard InChI is InChI=1S/C24H24N4O2S/c1-15(2)16-8-10-17(11-9-16)22(29)27-24-18(12-13-31-24)23(30)25-14-21-26-19-6-4-5-7-20(19)28(21)3/h4-13,15H,14H2,1-3H3,(H,25,30)(H,27,29). The summed E-state index contributed by atoms with van der Waals surface area (Å²) in [6.45, 7) is 4.52. The number of carbonyl (C=O) groups excluding carboxylic acids is 2. The van der Waals surface area contributed by atoms with Crippen LogP contribution >= 0.6 is 11.3 Å². The summed E-state index contributed by atoms with van der Waals surface area (Å²) < 4.78 is 1.97. The van der Waals surface area contributed by atoms with Crippen molar-refractivity contribution < 1.29 is 9.59 Å². The highest BCUT2D eigenvalue weighted by Crippen LogP contribution is 2.24. The zero-order valence-corrected chi connectivity index (χ0v) is 18.5. The Labute approximate surface area is 184 Å². The number of carbonyl (C=O) groups is 2. The number of rotatable bonds is 6. The lowest BCUT2D eigenvalue weighted by Gasteiger charge is -2.09. The smallest absolute Gasteiger partial charge is 0.256 e. The molecule has 158 valence electrons. The summed E-state index contributed by atoms with van der Waals surface area (Å²) >= 11 is 1.32. The maximum absolute atomic E-state index is 12.8. The van der Waals surface area contributed by atoms with E-state index in [1.807, 2.05) is 60.1 Å². The average molecular weight is 433 g/mol. The number of aromatic nitrogens is 2. The third-order valence-electron chi connectivity index (χ3n) is 5.26. The van der Waals surface area contributed by atoms with E-state index in [1.54, 1.807) is 11.4 Å². The van der Waals surface area contributed by atoms with Crippen LogP contribution in [0.3, 0.4) is 0 Å². The van der Waals surface area contributed by atoms with Crippen molar-refractivity contribution in [1.82, 2.24) is 14.9 Å². The Morgan fingerprint density at radius 1 is 1.03 bits per heavy atom. The van der Waals surface area contributed by atoms with Crippen LogP contribution in [0.5, 0.6) is 0 Å². The Kier molecular flexibility index (Phi) is 5.86. The SMILES string of the molecule is CC(C)c1ccc(C(=O)Nc2sccc2C(=O)NCc2nc3ccccc3n2C)cc1. The lowest BCUT2D eigenvalue weighted by molar-refractivity contribution is 0.0951. The molecule has 31 heavy (non-hydrogen) atoms. The van der Waals surface area contributed by atoms with Gasteiger partial charge in [-0.1, -0.05) is 38.1 Å². The second-order valence-electron chi connectivity index (χ2n) is 7.65. The van der Waals surface area contributed by atoms with E-state index in [0.717, 1.165) is 16.9 Å². The second kappa shape index (κ2) is 8.73. The Hall–Kier alpha value is -3.45. The highest BCUT2D eigenvalue weighted by atomic mass is 32.1. The van der Waals surface area contributed by atoms with Crippen LogP contribution in [0.1, 0.15) is 51.9 Å². The van der Waals surface area contributed by atoms with Crippen LogP contribution in [0, 0.1) is 0 Å². The first-order valence-corrected chi connectivity index (χ1v) is 11.0. The van der Waals surface area contributed by atoms with E-state index in [-0.39, 0.29) is 11.8 Å². The number of imidazole rings is 1. The average Bonchev–Trinajstić information content (AvgIpc) is 3.36. The second-order valence-corrected chi connectivity index (χ2v) is 8.57. The molecular formula is C24H24N4O2S. The maximum Gasteiger partial charge on any atom is 0.256 e. The van der Waals surface area contributed by atoms with Gasteiger partial charge in [0.25, 0.3) is 11.8 Å². The predicted octanol–water partition coefficient (Wildman–Crippen LogP) is 4.94. The fourth-order valence-electron chi connectivity index (χ4n) is 3.39. The number of amides is 2. The molecule has 0 saturated carbocycles. The molecule has 0 bridgehead atoms. The van der Waals surface area contributed by atoms with E-state index in [4.69, 9.17) is 0 Å². The molecule has 0 aliphatic carbocycles. The summed E-state index contributed by atoms with van der Waals surface area (Å²) in [7, 11) is 1.93. The third kappa shape index (κ3) is 4.36. The number of para-hydroxylation sites is 2. The lowest BCUT2D eigenvalue weighted by Crippen LogP contribution is -2.25. The van der Waals surface area contributed by atoms with E-state index >= 15 is 0 Å². The molecule has 0 spiro atoms. The van der Waals surface area contributed by atoms with Gasteiger partial charge in [-0.2, -0.15) is 0 Å². The molecule has 2 N–H and O–H groups in total. The van der Waals surface area contributed by atoms with Crippen molar-refractivity contribution in [2.45, 2.75) is 26.3 Å². The number of nitrogens with one attached hydrogen (secondary N) is 2. The summed E-state index contributed by atoms with van der Waals surface area (Å²) in [5.74, 6) is 0.683. The molecule has 2 heterocycles. The minimum Gasteiger partial charge on any atom is -0.345 e. The van der Waals surface area contributed by atoms with Gasteiger partial charge in [0.15, 0.2) is 0 Å². The first-order chi connectivity index (χ1) is 14.9. The first kappa shape index (κ1) is 20.8. The highest BCUT2D eigenvalue weighted by Gasteiger charge is 2.17. The molecule has 7 heteroatoms. The largest absolute Gasteiger partial charge is 0.345 e. The van der Waals surface area contributed by atoms with Crippen molar-refractivity contribution >= 4 is 39.2 Å². The maximum atomic E-state index is 12.8. The quantitative estimate of drug-likeness (QED) is 0.453. The number of hydrogen-bond donors (Lipinski definition) is 2. The molecule has 0 aliphatic rings. The molecule has 6 nitrogen and oxygen atoms in total. The van der Waals surface area contributed by atoms with Gasteiger partial charge in [0.05, 0.1) is 23.1 Å². The summed E-state index contributed by atoms with van der Waals surface area (Å²) in [4.78, 5) is 30.0. The number of anilines is 1. The predicted molar refractivity (Wildman–Crippen MR) is 125 cm³/mol. The monoisotopic (exact) mass is 432 g/mol. The zero-order chi connectivity index (χ0) is 22.0. The van der Waals surface area contributed by atoms with Crippen molar-refractivity contribution in [3.8, 4) is 0 Å². The van der Waals surface area contributed by atoms with Crippen LogP contribution < -0.4 is 10.6 Å². The number of fused-ring (bicyclic) bond motifs is 1. The minimum atomic E-state index is -0.251. The van der Waals surface area contributed by atoms with E-state index in [1.165, 1.54) is 16.9 Å². The van der Waals surface area contributed by atoms with E-state index < -0.39 is 0 Å². The van der Waals surface area contributed by atoms with E-state index in [9.17, 15) is 9.59 Å². The van der Waals surface area contributed by atoms with Gasteiger partial charge < -0.3 is 15.2 Å². The molecule has 0 aliphatic heterocycles. The number of hydrogen-bond acceptors (Lipinski definition) is 4. The summed E-state index contributed by atoms with van der Waals surface area (Å²) in [6.07, 6.45) is 0. The molecule has 2 amide bonds. The van der Waals surface area contributed by atoms with Crippen LogP contribution in [0.4, 0.5) is 5.00 Å². The van der Waals surface area contributed by atoms with Gasteiger partial charge in [-0.3, -0.25) is 9.59 Å². The molecular weight excluding hydrogens is 408 g/mol. The van der Waals surface area contributed by atoms with Crippen molar-refractivity contribution in [3.63, 3.8) is 0 Å². The van der Waals surface area contributed by atoms with Gasteiger partial charge >= 0.3 is 0 Å². The molecule has 0 radical (unpaired) electrons. The lowest BCUT2D eigenvalue weighted by atomic mass is 10.0. The highest BCUT2D eigenvalue weighted by molar-refractivity contribution is 7.14. The molecule has 2 aromatic carbocycles. The fourth-order valence-corrected chi connectivity index (χ4v) is 4.17. The van der Waals surface area contributed by atoms with Gasteiger partial charge in [-0.15, -0.1) is 11.3 Å². The normalized spacial score (nSPS) is 11.1. The van der Waals surface area contributed by atoms with Crippen LogP contribution in [0.15, 0.2) is 60.0 Å². The number of benzene rings is 2. The zero-order valence-electron chi connectivity index (χ0n) is 17.7. The van der Waals surface area contributed by atoms with Crippen LogP contribution in [-0.2, 0) is 13.6 Å². The summed E-state index contributed by atoms with van der Waals surface area (Å²) in [6, 6.07) is 17.1. The van der Waals surface area contributed by atoms with Gasteiger partial charge in [0, 0.05) is 12.6 Å². The Balaban J connectivity index is 1.44. The molecule has 0 atom stereocenters. The Morgan fingerprint density at radius 2 is 1.77 bits per heavy atom. The molecule has 0 unspecified atom stereocenters. The Bertz CT molecular complexity index is 1240. The molecule has 4 rings (SSSR count). The molecule has 2 aromatic heterocycles. The molecule has 0 fully saturated rings. The van der Waals surface area contributed by atoms with Crippen molar-refractivity contribution in [2.75, 3.05) is 5.32 Å². The number of aryl methyl sites for hydroxylation is 1. The fraction of sp³-hybridized carbons (Fsp3) is 0.208. The molecule has 0 saturated heterocycles.